The first-order valence-electron chi connectivity index (χ1n) is 8.29. The van der Waals surface area contributed by atoms with Crippen LogP contribution in [0.2, 0.25) is 0 Å². The van der Waals surface area contributed by atoms with E-state index in [1.807, 2.05) is 12.1 Å². The van der Waals surface area contributed by atoms with Crippen molar-refractivity contribution in [1.29, 1.82) is 0 Å². The smallest absolute Gasteiger partial charge is 0.139 e. The zero-order chi connectivity index (χ0) is 16.1. The van der Waals surface area contributed by atoms with Crippen LogP contribution in [-0.2, 0) is 19.4 Å². The summed E-state index contributed by atoms with van der Waals surface area (Å²) in [6.45, 7) is 1.90. The zero-order valence-corrected chi connectivity index (χ0v) is 13.9. The Morgan fingerprint density at radius 1 is 1.25 bits per heavy atom. The minimum Gasteiger partial charge on any atom is -0.390 e. The molecule has 0 unspecified atom stereocenters. The van der Waals surface area contributed by atoms with Gasteiger partial charge in [0.15, 0.2) is 0 Å². The molecule has 6 heteroatoms. The lowest BCUT2D eigenvalue weighted by Crippen LogP contribution is -2.23. The Morgan fingerprint density at radius 2 is 2.17 bits per heavy atom. The molecule has 5 rings (SSSR count). The molecule has 1 aromatic carbocycles. The fourth-order valence-corrected chi connectivity index (χ4v) is 5.02. The van der Waals surface area contributed by atoms with Gasteiger partial charge in [-0.05, 0) is 29.7 Å². The molecule has 0 fully saturated rings. The number of thiophene rings is 1. The van der Waals surface area contributed by atoms with Gasteiger partial charge >= 0.3 is 0 Å². The summed E-state index contributed by atoms with van der Waals surface area (Å²) in [5.41, 5.74) is 3.74. The summed E-state index contributed by atoms with van der Waals surface area (Å²) in [7, 11) is 0. The number of rotatable bonds is 2. The average molecular weight is 338 g/mol. The second-order valence-electron chi connectivity index (χ2n) is 6.43. The first-order chi connectivity index (χ1) is 11.8. The van der Waals surface area contributed by atoms with Crippen LogP contribution in [0, 0.1) is 0 Å². The first-order valence-corrected chi connectivity index (χ1v) is 9.11. The van der Waals surface area contributed by atoms with Crippen molar-refractivity contribution in [2.24, 2.45) is 0 Å². The molecule has 3 aromatic rings. The molecule has 0 amide bonds. The highest BCUT2D eigenvalue weighted by molar-refractivity contribution is 7.18. The highest BCUT2D eigenvalue weighted by Gasteiger charge is 2.32. The van der Waals surface area contributed by atoms with Gasteiger partial charge in [0.2, 0.25) is 0 Å². The van der Waals surface area contributed by atoms with Gasteiger partial charge in [0.05, 0.1) is 17.5 Å². The van der Waals surface area contributed by atoms with Gasteiger partial charge in [-0.2, -0.15) is 0 Å². The lowest BCUT2D eigenvalue weighted by atomic mass is 10.0. The normalized spacial score (nSPS) is 22.4. The SMILES string of the molecule is O[C@H]1Cc2ccccc2[C@H]1Nc1ncnc2sc3c(c12)CCNC3. The van der Waals surface area contributed by atoms with Crippen LogP contribution in [0.4, 0.5) is 5.82 Å². The van der Waals surface area contributed by atoms with Crippen LogP contribution in [-0.4, -0.2) is 27.7 Å². The summed E-state index contributed by atoms with van der Waals surface area (Å²) in [6, 6.07) is 8.12. The number of nitrogens with one attached hydrogen (secondary N) is 2. The second kappa shape index (κ2) is 5.51. The number of benzene rings is 1. The summed E-state index contributed by atoms with van der Waals surface area (Å²) in [5.74, 6) is 0.847. The Morgan fingerprint density at radius 3 is 3.12 bits per heavy atom. The van der Waals surface area contributed by atoms with Gasteiger partial charge in [-0.25, -0.2) is 9.97 Å². The van der Waals surface area contributed by atoms with Crippen LogP contribution in [0.1, 0.15) is 27.6 Å². The fraction of sp³-hybridized carbons (Fsp3) is 0.333. The molecular formula is C18H18N4OS. The third-order valence-corrected chi connectivity index (χ3v) is 6.14. The summed E-state index contributed by atoms with van der Waals surface area (Å²) in [4.78, 5) is 11.4. The minimum atomic E-state index is -0.427. The second-order valence-corrected chi connectivity index (χ2v) is 7.51. The highest BCUT2D eigenvalue weighted by atomic mass is 32.1. The van der Waals surface area contributed by atoms with Gasteiger partial charge < -0.3 is 15.7 Å². The van der Waals surface area contributed by atoms with Crippen molar-refractivity contribution in [1.82, 2.24) is 15.3 Å². The molecule has 3 N–H and O–H groups in total. The Labute approximate surface area is 143 Å². The molecule has 0 saturated heterocycles. The van der Waals surface area contributed by atoms with Gasteiger partial charge in [0.25, 0.3) is 0 Å². The molecule has 5 nitrogen and oxygen atoms in total. The van der Waals surface area contributed by atoms with E-state index in [9.17, 15) is 5.11 Å². The van der Waals surface area contributed by atoms with Crippen molar-refractivity contribution in [3.8, 4) is 0 Å². The molecule has 1 aliphatic heterocycles. The van der Waals surface area contributed by atoms with Crippen LogP contribution in [0.25, 0.3) is 10.2 Å². The number of aromatic nitrogens is 2. The van der Waals surface area contributed by atoms with E-state index >= 15 is 0 Å². The largest absolute Gasteiger partial charge is 0.390 e. The third-order valence-electron chi connectivity index (χ3n) is 5.00. The summed E-state index contributed by atoms with van der Waals surface area (Å²) < 4.78 is 0. The monoisotopic (exact) mass is 338 g/mol. The van der Waals surface area contributed by atoms with Crippen molar-refractivity contribution in [2.75, 3.05) is 11.9 Å². The topological polar surface area (TPSA) is 70.1 Å². The van der Waals surface area contributed by atoms with Crippen LogP contribution >= 0.6 is 11.3 Å². The summed E-state index contributed by atoms with van der Waals surface area (Å²) >= 11 is 1.74. The van der Waals surface area contributed by atoms with E-state index in [0.29, 0.717) is 6.42 Å². The van der Waals surface area contributed by atoms with Crippen LogP contribution < -0.4 is 10.6 Å². The molecule has 0 bridgehead atoms. The standard InChI is InChI=1S/C18H18N4OS/c23-13-7-10-3-1-2-4-11(10)16(13)22-17-15-12-5-6-19-8-14(12)24-18(15)21-9-20-17/h1-4,9,13,16,19,23H,5-8H2,(H,20,21,22)/t13-,16+/m0/s1. The van der Waals surface area contributed by atoms with Gasteiger partial charge in [0.1, 0.15) is 17.0 Å². The highest BCUT2D eigenvalue weighted by Crippen LogP contribution is 2.39. The van der Waals surface area contributed by atoms with Gasteiger partial charge in [0, 0.05) is 17.8 Å². The molecule has 0 spiro atoms. The number of aliphatic hydroxyl groups excluding tert-OH is 1. The molecular weight excluding hydrogens is 320 g/mol. The number of nitrogens with zero attached hydrogens (tertiary/aromatic N) is 2. The number of hydrogen-bond acceptors (Lipinski definition) is 6. The quantitative estimate of drug-likeness (QED) is 0.669. The van der Waals surface area contributed by atoms with Crippen LogP contribution in [0.5, 0.6) is 0 Å². The zero-order valence-electron chi connectivity index (χ0n) is 13.1. The van der Waals surface area contributed by atoms with Gasteiger partial charge in [-0.1, -0.05) is 24.3 Å². The summed E-state index contributed by atoms with van der Waals surface area (Å²) in [6.07, 6.45) is 2.88. The van der Waals surface area contributed by atoms with Crippen LogP contribution in [0.15, 0.2) is 30.6 Å². The van der Waals surface area contributed by atoms with E-state index in [4.69, 9.17) is 0 Å². The van der Waals surface area contributed by atoms with E-state index in [2.05, 4.69) is 32.7 Å². The van der Waals surface area contributed by atoms with Gasteiger partial charge in [-0.3, -0.25) is 0 Å². The molecule has 2 aliphatic rings. The van der Waals surface area contributed by atoms with Crippen LogP contribution in [0.3, 0.4) is 0 Å². The lowest BCUT2D eigenvalue weighted by molar-refractivity contribution is 0.165. The molecule has 3 heterocycles. The van der Waals surface area contributed by atoms with E-state index in [-0.39, 0.29) is 6.04 Å². The lowest BCUT2D eigenvalue weighted by Gasteiger charge is -2.20. The van der Waals surface area contributed by atoms with Crippen molar-refractivity contribution >= 4 is 27.4 Å². The molecule has 2 atom stereocenters. The van der Waals surface area contributed by atoms with Crippen molar-refractivity contribution in [3.05, 3.63) is 52.2 Å². The third kappa shape index (κ3) is 2.14. The van der Waals surface area contributed by atoms with E-state index < -0.39 is 6.10 Å². The van der Waals surface area contributed by atoms with E-state index in [0.717, 1.165) is 35.5 Å². The molecule has 122 valence electrons. The molecule has 1 aliphatic carbocycles. The number of aliphatic hydroxyl groups is 1. The number of fused-ring (bicyclic) bond motifs is 4. The number of hydrogen-bond donors (Lipinski definition) is 3. The number of anilines is 1. The molecule has 0 radical (unpaired) electrons. The predicted molar refractivity (Wildman–Crippen MR) is 95.3 cm³/mol. The molecule has 24 heavy (non-hydrogen) atoms. The van der Waals surface area contributed by atoms with Crippen molar-refractivity contribution < 1.29 is 5.11 Å². The average Bonchev–Trinajstić information content (AvgIpc) is 3.13. The maximum Gasteiger partial charge on any atom is 0.139 e. The maximum absolute atomic E-state index is 10.5. The molecule has 0 saturated carbocycles. The van der Waals surface area contributed by atoms with Crippen molar-refractivity contribution in [2.45, 2.75) is 31.5 Å². The van der Waals surface area contributed by atoms with Crippen molar-refractivity contribution in [3.63, 3.8) is 0 Å². The Bertz CT molecular complexity index is 923. The minimum absolute atomic E-state index is 0.114. The maximum atomic E-state index is 10.5. The molecule has 2 aromatic heterocycles. The van der Waals surface area contributed by atoms with Gasteiger partial charge in [-0.15, -0.1) is 11.3 Å². The predicted octanol–water partition coefficient (Wildman–Crippen LogP) is 2.41. The Balaban J connectivity index is 1.59. The van der Waals surface area contributed by atoms with E-state index in [1.165, 1.54) is 21.6 Å². The Kier molecular flexibility index (Phi) is 3.29. The Hall–Kier alpha value is -2.02. The first kappa shape index (κ1) is 14.3. The summed E-state index contributed by atoms with van der Waals surface area (Å²) in [5, 5.41) is 18.6. The fourth-order valence-electron chi connectivity index (χ4n) is 3.86. The van der Waals surface area contributed by atoms with E-state index in [1.54, 1.807) is 17.7 Å².